The number of hydrogen-bond donors (Lipinski definition) is 1. The Balaban J connectivity index is 2.04. The van der Waals surface area contributed by atoms with Crippen molar-refractivity contribution in [2.45, 2.75) is 11.0 Å². The second-order valence-electron chi connectivity index (χ2n) is 4.18. The topological polar surface area (TPSA) is 26.0 Å². The molecule has 0 aromatic heterocycles. The fourth-order valence-corrected chi connectivity index (χ4v) is 3.02. The summed E-state index contributed by atoms with van der Waals surface area (Å²) >= 11 is 7.48. The first kappa shape index (κ1) is 14.4. The van der Waals surface area contributed by atoms with Gasteiger partial charge in [-0.3, -0.25) is 0 Å². The van der Waals surface area contributed by atoms with Crippen LogP contribution in [0.15, 0.2) is 48.5 Å². The molecule has 0 saturated carbocycles. The number of halogens is 2. The Labute approximate surface area is 122 Å². The van der Waals surface area contributed by atoms with Crippen LogP contribution < -0.4 is 5.73 Å². The van der Waals surface area contributed by atoms with Crippen LogP contribution in [0, 0.1) is 5.82 Å². The molecule has 0 fully saturated rings. The van der Waals surface area contributed by atoms with Gasteiger partial charge in [0.2, 0.25) is 0 Å². The molecule has 19 heavy (non-hydrogen) atoms. The molecular weight excluding hydrogens is 281 g/mol. The third-order valence-electron chi connectivity index (χ3n) is 2.83. The zero-order valence-corrected chi connectivity index (χ0v) is 11.9. The minimum absolute atomic E-state index is 0.0307. The van der Waals surface area contributed by atoms with Gasteiger partial charge in [-0.15, -0.1) is 11.8 Å². The van der Waals surface area contributed by atoms with Crippen LogP contribution in [0.4, 0.5) is 4.39 Å². The Morgan fingerprint density at radius 2 is 1.79 bits per heavy atom. The summed E-state index contributed by atoms with van der Waals surface area (Å²) in [4.78, 5) is 0. The zero-order valence-electron chi connectivity index (χ0n) is 10.4. The SMILES string of the molecule is NCC(SCc1ccc(Cl)cc1)c1ccccc1F. The molecule has 4 heteroatoms. The third-order valence-corrected chi connectivity index (χ3v) is 4.43. The maximum atomic E-state index is 13.7. The molecular formula is C15H15ClFNS. The van der Waals surface area contributed by atoms with Crippen molar-refractivity contribution in [2.75, 3.05) is 6.54 Å². The lowest BCUT2D eigenvalue weighted by molar-refractivity contribution is 0.608. The first-order valence-corrected chi connectivity index (χ1v) is 7.44. The molecule has 0 aliphatic heterocycles. The Kier molecular flexibility index (Phi) is 5.25. The molecule has 0 heterocycles. The standard InChI is InChI=1S/C15H15ClFNS/c16-12-7-5-11(6-8-12)10-19-15(9-18)13-3-1-2-4-14(13)17/h1-8,15H,9-10,18H2. The average Bonchev–Trinajstić information content (AvgIpc) is 2.43. The van der Waals surface area contributed by atoms with Crippen LogP contribution in [0.5, 0.6) is 0 Å². The second-order valence-corrected chi connectivity index (χ2v) is 5.81. The molecule has 0 aliphatic rings. The van der Waals surface area contributed by atoms with E-state index in [1.165, 1.54) is 6.07 Å². The average molecular weight is 296 g/mol. The van der Waals surface area contributed by atoms with Gasteiger partial charge in [0.1, 0.15) is 5.82 Å². The molecule has 1 nitrogen and oxygen atoms in total. The maximum absolute atomic E-state index is 13.7. The highest BCUT2D eigenvalue weighted by Gasteiger charge is 2.14. The lowest BCUT2D eigenvalue weighted by atomic mass is 10.1. The lowest BCUT2D eigenvalue weighted by Gasteiger charge is -2.15. The summed E-state index contributed by atoms with van der Waals surface area (Å²) in [5.41, 5.74) is 7.58. The predicted molar refractivity (Wildman–Crippen MR) is 80.9 cm³/mol. The van der Waals surface area contributed by atoms with Gasteiger partial charge in [-0.1, -0.05) is 41.9 Å². The highest BCUT2D eigenvalue weighted by molar-refractivity contribution is 7.98. The van der Waals surface area contributed by atoms with E-state index < -0.39 is 0 Å². The molecule has 0 amide bonds. The van der Waals surface area contributed by atoms with Crippen LogP contribution in [0.3, 0.4) is 0 Å². The minimum Gasteiger partial charge on any atom is -0.329 e. The molecule has 2 aromatic carbocycles. The van der Waals surface area contributed by atoms with Gasteiger partial charge in [0, 0.05) is 28.1 Å². The summed E-state index contributed by atoms with van der Waals surface area (Å²) < 4.78 is 13.7. The molecule has 2 aromatic rings. The van der Waals surface area contributed by atoms with Gasteiger partial charge in [0.25, 0.3) is 0 Å². The summed E-state index contributed by atoms with van der Waals surface area (Å²) in [6.07, 6.45) is 0. The highest BCUT2D eigenvalue weighted by atomic mass is 35.5. The van der Waals surface area contributed by atoms with Crippen LogP contribution >= 0.6 is 23.4 Å². The van der Waals surface area contributed by atoms with Gasteiger partial charge < -0.3 is 5.73 Å². The van der Waals surface area contributed by atoms with E-state index in [0.29, 0.717) is 12.1 Å². The van der Waals surface area contributed by atoms with Crippen molar-refractivity contribution in [3.05, 3.63) is 70.5 Å². The van der Waals surface area contributed by atoms with Gasteiger partial charge in [-0.05, 0) is 23.8 Å². The maximum Gasteiger partial charge on any atom is 0.127 e. The number of hydrogen-bond acceptors (Lipinski definition) is 2. The first-order chi connectivity index (χ1) is 9.20. The number of rotatable bonds is 5. The molecule has 2 N–H and O–H groups in total. The van der Waals surface area contributed by atoms with Crippen molar-refractivity contribution in [1.82, 2.24) is 0 Å². The minimum atomic E-state index is -0.193. The summed E-state index contributed by atoms with van der Waals surface area (Å²) in [5.74, 6) is 0.592. The zero-order chi connectivity index (χ0) is 13.7. The van der Waals surface area contributed by atoms with Gasteiger partial charge in [0.15, 0.2) is 0 Å². The Bertz CT molecular complexity index is 530. The lowest BCUT2D eigenvalue weighted by Crippen LogP contribution is -2.11. The number of thioether (sulfide) groups is 1. The van der Waals surface area contributed by atoms with E-state index in [-0.39, 0.29) is 11.1 Å². The largest absolute Gasteiger partial charge is 0.329 e. The number of nitrogens with two attached hydrogens (primary N) is 1. The fourth-order valence-electron chi connectivity index (χ4n) is 1.80. The van der Waals surface area contributed by atoms with Crippen molar-refractivity contribution < 1.29 is 4.39 Å². The van der Waals surface area contributed by atoms with E-state index in [1.54, 1.807) is 23.9 Å². The molecule has 0 aliphatic carbocycles. The van der Waals surface area contributed by atoms with E-state index in [2.05, 4.69) is 0 Å². The van der Waals surface area contributed by atoms with Gasteiger partial charge >= 0.3 is 0 Å². The highest BCUT2D eigenvalue weighted by Crippen LogP contribution is 2.32. The third kappa shape index (κ3) is 3.96. The van der Waals surface area contributed by atoms with E-state index in [4.69, 9.17) is 17.3 Å². The van der Waals surface area contributed by atoms with E-state index >= 15 is 0 Å². The van der Waals surface area contributed by atoms with Crippen molar-refractivity contribution in [3.8, 4) is 0 Å². The molecule has 2 rings (SSSR count). The Hall–Kier alpha value is -1.03. The van der Waals surface area contributed by atoms with Crippen LogP contribution in [-0.4, -0.2) is 6.54 Å². The Morgan fingerprint density at radius 1 is 1.11 bits per heavy atom. The molecule has 0 saturated heterocycles. The summed E-state index contributed by atoms with van der Waals surface area (Å²) in [5, 5.41) is 0.690. The van der Waals surface area contributed by atoms with Crippen LogP contribution in [0.2, 0.25) is 5.02 Å². The Morgan fingerprint density at radius 3 is 2.42 bits per heavy atom. The van der Waals surface area contributed by atoms with Crippen molar-refractivity contribution in [1.29, 1.82) is 0 Å². The normalized spacial score (nSPS) is 12.4. The van der Waals surface area contributed by atoms with Crippen molar-refractivity contribution in [2.24, 2.45) is 5.73 Å². The van der Waals surface area contributed by atoms with Gasteiger partial charge in [-0.25, -0.2) is 4.39 Å². The quantitative estimate of drug-likeness (QED) is 0.884. The van der Waals surface area contributed by atoms with Gasteiger partial charge in [0.05, 0.1) is 0 Å². The molecule has 1 unspecified atom stereocenters. The summed E-state index contributed by atoms with van der Waals surface area (Å²) in [6.45, 7) is 0.416. The second kappa shape index (κ2) is 6.94. The van der Waals surface area contributed by atoms with Crippen molar-refractivity contribution >= 4 is 23.4 Å². The van der Waals surface area contributed by atoms with Crippen LogP contribution in [0.25, 0.3) is 0 Å². The monoisotopic (exact) mass is 295 g/mol. The van der Waals surface area contributed by atoms with Crippen LogP contribution in [0.1, 0.15) is 16.4 Å². The summed E-state index contributed by atoms with van der Waals surface area (Å²) in [6, 6.07) is 14.5. The fraction of sp³-hybridized carbons (Fsp3) is 0.200. The molecule has 0 bridgehead atoms. The predicted octanol–water partition coefficient (Wildman–Crippen LogP) is 4.41. The van der Waals surface area contributed by atoms with E-state index in [1.807, 2.05) is 30.3 Å². The number of benzene rings is 2. The van der Waals surface area contributed by atoms with Crippen LogP contribution in [-0.2, 0) is 5.75 Å². The molecule has 1 atom stereocenters. The first-order valence-electron chi connectivity index (χ1n) is 6.01. The molecule has 100 valence electrons. The summed E-state index contributed by atoms with van der Waals surface area (Å²) in [7, 11) is 0. The smallest absolute Gasteiger partial charge is 0.127 e. The van der Waals surface area contributed by atoms with Gasteiger partial charge in [-0.2, -0.15) is 0 Å². The van der Waals surface area contributed by atoms with E-state index in [9.17, 15) is 4.39 Å². The molecule has 0 spiro atoms. The molecule has 0 radical (unpaired) electrons. The van der Waals surface area contributed by atoms with Crippen molar-refractivity contribution in [3.63, 3.8) is 0 Å². The van der Waals surface area contributed by atoms with E-state index in [0.717, 1.165) is 16.3 Å².